The lowest BCUT2D eigenvalue weighted by Crippen LogP contribution is -2.15. The number of hydrogen-bond acceptors (Lipinski definition) is 4. The number of aromatic nitrogens is 1. The van der Waals surface area contributed by atoms with Crippen molar-refractivity contribution in [3.8, 4) is 0 Å². The number of nitrogens with two attached hydrogens (primary N) is 1. The van der Waals surface area contributed by atoms with Crippen LogP contribution in [0.15, 0.2) is 5.38 Å². The smallest absolute Gasteiger partial charge is 0.305 e. The molecule has 82 valence electrons. The van der Waals surface area contributed by atoms with Gasteiger partial charge < -0.3 is 10.8 Å². The van der Waals surface area contributed by atoms with E-state index in [-0.39, 0.29) is 6.42 Å². The number of thiazole rings is 1. The van der Waals surface area contributed by atoms with Gasteiger partial charge in [0.05, 0.1) is 18.2 Å². The summed E-state index contributed by atoms with van der Waals surface area (Å²) in [5.41, 5.74) is 6.84. The number of carbonyl (C=O) groups is 1. The van der Waals surface area contributed by atoms with Crippen LogP contribution in [0.25, 0.3) is 0 Å². The number of carboxylic acids is 1. The Bertz CT molecular complexity index is 360. The molecule has 5 heteroatoms. The lowest BCUT2D eigenvalue weighted by atomic mass is 9.83. The molecule has 1 atom stereocenters. The maximum Gasteiger partial charge on any atom is 0.305 e. The molecular formula is C10H14N2O2S. The van der Waals surface area contributed by atoms with Crippen LogP contribution in [0.5, 0.6) is 0 Å². The largest absolute Gasteiger partial charge is 0.481 e. The Labute approximate surface area is 92.1 Å². The average molecular weight is 226 g/mol. The quantitative estimate of drug-likeness (QED) is 0.822. The van der Waals surface area contributed by atoms with E-state index >= 15 is 0 Å². The molecule has 1 aromatic heterocycles. The van der Waals surface area contributed by atoms with Crippen LogP contribution in [-0.4, -0.2) is 16.1 Å². The summed E-state index contributed by atoms with van der Waals surface area (Å²) in [6, 6.07) is -0.457. The SMILES string of the molecule is NC(CC(=O)O)c1nc(C2CCC2)cs1. The van der Waals surface area contributed by atoms with E-state index in [1.54, 1.807) is 0 Å². The van der Waals surface area contributed by atoms with Gasteiger partial charge in [-0.25, -0.2) is 4.98 Å². The Kier molecular flexibility index (Phi) is 3.02. The predicted molar refractivity (Wildman–Crippen MR) is 57.9 cm³/mol. The minimum atomic E-state index is -0.872. The van der Waals surface area contributed by atoms with Crippen molar-refractivity contribution in [2.75, 3.05) is 0 Å². The molecule has 0 radical (unpaired) electrons. The van der Waals surface area contributed by atoms with Gasteiger partial charge in [-0.05, 0) is 12.8 Å². The van der Waals surface area contributed by atoms with Crippen LogP contribution in [-0.2, 0) is 4.79 Å². The number of rotatable bonds is 4. The van der Waals surface area contributed by atoms with Gasteiger partial charge in [0.1, 0.15) is 5.01 Å². The van der Waals surface area contributed by atoms with Crippen LogP contribution in [0.2, 0.25) is 0 Å². The van der Waals surface area contributed by atoms with Crippen LogP contribution >= 0.6 is 11.3 Å². The Morgan fingerprint density at radius 3 is 3.00 bits per heavy atom. The fourth-order valence-corrected chi connectivity index (χ4v) is 2.54. The van der Waals surface area contributed by atoms with E-state index in [2.05, 4.69) is 4.98 Å². The first-order chi connectivity index (χ1) is 7.16. The van der Waals surface area contributed by atoms with E-state index < -0.39 is 12.0 Å². The highest BCUT2D eigenvalue weighted by Gasteiger charge is 2.23. The summed E-state index contributed by atoms with van der Waals surface area (Å²) in [5.74, 6) is -0.282. The molecule has 1 saturated carbocycles. The fourth-order valence-electron chi connectivity index (χ4n) is 1.64. The van der Waals surface area contributed by atoms with Crippen molar-refractivity contribution in [1.29, 1.82) is 0 Å². The van der Waals surface area contributed by atoms with Gasteiger partial charge in [0.15, 0.2) is 0 Å². The zero-order valence-corrected chi connectivity index (χ0v) is 9.17. The highest BCUT2D eigenvalue weighted by atomic mass is 32.1. The first-order valence-corrected chi connectivity index (χ1v) is 5.97. The minimum Gasteiger partial charge on any atom is -0.481 e. The van der Waals surface area contributed by atoms with Gasteiger partial charge in [0.25, 0.3) is 0 Å². The fraction of sp³-hybridized carbons (Fsp3) is 0.600. The normalized spacial score (nSPS) is 18.5. The number of aliphatic carboxylic acids is 1. The van der Waals surface area contributed by atoms with Gasteiger partial charge in [-0.3, -0.25) is 4.79 Å². The summed E-state index contributed by atoms with van der Waals surface area (Å²) >= 11 is 1.48. The molecule has 1 heterocycles. The van der Waals surface area contributed by atoms with Crippen molar-refractivity contribution in [1.82, 2.24) is 4.98 Å². The maximum absolute atomic E-state index is 10.5. The van der Waals surface area contributed by atoms with Crippen molar-refractivity contribution >= 4 is 17.3 Å². The van der Waals surface area contributed by atoms with Crippen molar-refractivity contribution in [2.24, 2.45) is 5.73 Å². The Balaban J connectivity index is 2.02. The Hall–Kier alpha value is -0.940. The molecule has 3 N–H and O–H groups in total. The molecule has 1 unspecified atom stereocenters. The molecule has 4 nitrogen and oxygen atoms in total. The molecule has 0 bridgehead atoms. The molecular weight excluding hydrogens is 212 g/mol. The Morgan fingerprint density at radius 1 is 1.73 bits per heavy atom. The van der Waals surface area contributed by atoms with Gasteiger partial charge in [-0.1, -0.05) is 6.42 Å². The predicted octanol–water partition coefficient (Wildman–Crippen LogP) is 1.89. The molecule has 0 aliphatic heterocycles. The maximum atomic E-state index is 10.5. The molecule has 0 spiro atoms. The second-order valence-corrected chi connectivity index (χ2v) is 4.83. The van der Waals surface area contributed by atoms with Crippen molar-refractivity contribution in [3.05, 3.63) is 16.1 Å². The third-order valence-corrected chi connectivity index (χ3v) is 3.77. The number of hydrogen-bond donors (Lipinski definition) is 2. The van der Waals surface area contributed by atoms with E-state index in [1.807, 2.05) is 5.38 Å². The van der Waals surface area contributed by atoms with Crippen molar-refractivity contribution in [2.45, 2.75) is 37.6 Å². The van der Waals surface area contributed by atoms with Crippen molar-refractivity contribution in [3.63, 3.8) is 0 Å². The van der Waals surface area contributed by atoms with E-state index in [0.29, 0.717) is 5.92 Å². The first kappa shape index (κ1) is 10.6. The lowest BCUT2D eigenvalue weighted by molar-refractivity contribution is -0.137. The van der Waals surface area contributed by atoms with E-state index in [4.69, 9.17) is 10.8 Å². The summed E-state index contributed by atoms with van der Waals surface area (Å²) in [6.07, 6.45) is 3.64. The highest BCUT2D eigenvalue weighted by molar-refractivity contribution is 7.09. The average Bonchev–Trinajstić information content (AvgIpc) is 2.48. The van der Waals surface area contributed by atoms with Gasteiger partial charge in [-0.15, -0.1) is 11.3 Å². The standard InChI is InChI=1S/C10H14N2O2S/c11-7(4-9(13)14)10-12-8(5-15-10)6-2-1-3-6/h5-7H,1-4,11H2,(H,13,14). The summed E-state index contributed by atoms with van der Waals surface area (Å²) in [4.78, 5) is 14.9. The number of carboxylic acid groups (broad SMARTS) is 1. The van der Waals surface area contributed by atoms with Crippen LogP contribution < -0.4 is 5.73 Å². The topological polar surface area (TPSA) is 76.2 Å². The molecule has 0 aromatic carbocycles. The second-order valence-electron chi connectivity index (χ2n) is 3.94. The molecule has 1 aliphatic carbocycles. The van der Waals surface area contributed by atoms with Crippen molar-refractivity contribution < 1.29 is 9.90 Å². The Morgan fingerprint density at radius 2 is 2.47 bits per heavy atom. The van der Waals surface area contributed by atoms with Gasteiger partial charge in [0, 0.05) is 11.3 Å². The zero-order valence-electron chi connectivity index (χ0n) is 8.35. The van der Waals surface area contributed by atoms with Crippen LogP contribution in [0.4, 0.5) is 0 Å². The van der Waals surface area contributed by atoms with Crippen LogP contribution in [0.1, 0.15) is 48.3 Å². The minimum absolute atomic E-state index is 0.0440. The van der Waals surface area contributed by atoms with Crippen LogP contribution in [0, 0.1) is 0 Å². The van der Waals surface area contributed by atoms with Gasteiger partial charge >= 0.3 is 5.97 Å². The molecule has 2 rings (SSSR count). The van der Waals surface area contributed by atoms with E-state index in [1.165, 1.54) is 30.6 Å². The van der Waals surface area contributed by atoms with E-state index in [9.17, 15) is 4.79 Å². The first-order valence-electron chi connectivity index (χ1n) is 5.09. The monoisotopic (exact) mass is 226 g/mol. The molecule has 0 saturated heterocycles. The third-order valence-electron chi connectivity index (χ3n) is 2.77. The molecule has 0 amide bonds. The molecule has 15 heavy (non-hydrogen) atoms. The number of nitrogens with zero attached hydrogens (tertiary/aromatic N) is 1. The molecule has 1 fully saturated rings. The van der Waals surface area contributed by atoms with E-state index in [0.717, 1.165) is 10.7 Å². The zero-order chi connectivity index (χ0) is 10.8. The molecule has 1 aromatic rings. The summed E-state index contributed by atoms with van der Waals surface area (Å²) in [7, 11) is 0. The van der Waals surface area contributed by atoms with Gasteiger partial charge in [-0.2, -0.15) is 0 Å². The molecule has 1 aliphatic rings. The van der Waals surface area contributed by atoms with Crippen LogP contribution in [0.3, 0.4) is 0 Å². The van der Waals surface area contributed by atoms with Gasteiger partial charge in [0.2, 0.25) is 0 Å². The summed E-state index contributed by atoms with van der Waals surface area (Å²) in [5, 5.41) is 11.4. The summed E-state index contributed by atoms with van der Waals surface area (Å²) in [6.45, 7) is 0. The highest BCUT2D eigenvalue weighted by Crippen LogP contribution is 2.37. The lowest BCUT2D eigenvalue weighted by Gasteiger charge is -2.23. The second kappa shape index (κ2) is 4.28. The third kappa shape index (κ3) is 2.35. The summed E-state index contributed by atoms with van der Waals surface area (Å²) < 4.78 is 0.